The van der Waals surface area contributed by atoms with Crippen LogP contribution >= 0.6 is 24.0 Å². The van der Waals surface area contributed by atoms with Crippen molar-refractivity contribution < 1.29 is 106 Å². The molecule has 0 unspecified atom stereocenters. The van der Waals surface area contributed by atoms with E-state index >= 15 is 0 Å². The fraction of sp³-hybridized carbons (Fsp3) is 0.507. The topological polar surface area (TPSA) is 424 Å². The third-order valence-corrected chi connectivity index (χ3v) is 15.8. The summed E-state index contributed by atoms with van der Waals surface area (Å²) in [5, 5.41) is 60.7. The van der Waals surface area contributed by atoms with Gasteiger partial charge in [-0.1, -0.05) is 103 Å². The molecule has 12 atom stereocenters. The van der Waals surface area contributed by atoms with Gasteiger partial charge in [0.25, 0.3) is 11.8 Å². The van der Waals surface area contributed by atoms with Crippen molar-refractivity contribution in [2.75, 3.05) is 39.2 Å². The molecule has 0 spiro atoms. The number of nitrogens with one attached hydrogen (secondary N) is 2. The third kappa shape index (κ3) is 31.3. The summed E-state index contributed by atoms with van der Waals surface area (Å²) >= 11 is 4.86. The van der Waals surface area contributed by atoms with E-state index in [4.69, 9.17) is 47.7 Å². The van der Waals surface area contributed by atoms with Crippen molar-refractivity contribution in [3.8, 4) is 11.5 Å². The minimum Gasteiger partial charge on any atom is -1.00 e. The van der Waals surface area contributed by atoms with E-state index in [2.05, 4.69) is 29.5 Å². The van der Waals surface area contributed by atoms with Gasteiger partial charge in [0, 0.05) is 97.7 Å². The van der Waals surface area contributed by atoms with E-state index < -0.39 is 72.4 Å². The lowest BCUT2D eigenvalue weighted by molar-refractivity contribution is -0.562. The largest absolute Gasteiger partial charge is 1.00 e. The summed E-state index contributed by atoms with van der Waals surface area (Å²) in [6.45, 7) is 26.8. The Labute approximate surface area is 582 Å². The van der Waals surface area contributed by atoms with Gasteiger partial charge in [-0.2, -0.15) is 0 Å². The maximum Gasteiger partial charge on any atom is 0.405 e. The van der Waals surface area contributed by atoms with Gasteiger partial charge in [-0.25, -0.2) is 9.59 Å². The van der Waals surface area contributed by atoms with Crippen molar-refractivity contribution in [3.63, 3.8) is 0 Å². The Morgan fingerprint density at radius 3 is 1.61 bits per heavy atom. The molecule has 0 aromatic heterocycles. The Kier molecular flexibility index (Phi) is 44.3. The van der Waals surface area contributed by atoms with Crippen LogP contribution in [0.25, 0.3) is 0 Å². The summed E-state index contributed by atoms with van der Waals surface area (Å²) in [6, 6.07) is 1.33. The number of carboxylic acids is 1. The van der Waals surface area contributed by atoms with Crippen LogP contribution in [-0.2, 0) is 54.1 Å². The molecule has 96 heavy (non-hydrogen) atoms. The van der Waals surface area contributed by atoms with Crippen molar-refractivity contribution in [3.05, 3.63) is 131 Å². The van der Waals surface area contributed by atoms with Crippen molar-refractivity contribution in [2.24, 2.45) is 52.7 Å². The molecule has 1 aromatic carbocycles. The molecule has 538 valence electrons. The average molecular weight is 1410 g/mol. The third-order valence-electron chi connectivity index (χ3n) is 15.6. The second kappa shape index (κ2) is 46.8. The number of allylic oxidation sites excluding steroid dienone is 8. The molecular weight excluding hydrogens is 1310 g/mol. The number of carbonyl (C=O) groups is 8. The standard InChI is InChI=1S/C32H44N2O7.C31H45N3O7.C3H6ClNO.C3H7NO2.2ClH/c1-8-9-13-23-24-14-18(2)15-27(40-7)28(36)21(5)16-22(6)30(41-32(33)39)19(3)11-10-12-20(4)31(38)34-25(29(24)37)17-26(23)35;1-8-12-33-26-22-13-17(2)14-25(40-7)27(36)20(5)15-21(6)29(41-31(32)39)18(3)10-9-11-19(4)30(38)34-23(28(22)37)16-24(26)35;4-3(6)1-2-5;4-2-1-3(5)6;;/h8,10-12,16-19,21,27-28,30,36H,1,9,13-15H2,2-7H3,(H2,33,39)(H,34,38);8-11,15-18,20,25,27,29,33,35-37H,1,12-14H2,2-7H3,(H2,32,39)(H,34,38);1-2,5H2;1-2,4H2,(H,5,6);2*1H/b11-10-,20-12+,22-16+;10-9-,19-11+,21-15+;;;;/t18-,19+,21+,27+,28-,30-;17-,18+,20+,25+,27-,29-;;;;/m11..../s1. The molecule has 17 N–H and O–H groups in total. The van der Waals surface area contributed by atoms with Crippen LogP contribution in [0.3, 0.4) is 0 Å². The van der Waals surface area contributed by atoms with Gasteiger partial charge >= 0.3 is 12.2 Å². The van der Waals surface area contributed by atoms with Crippen LogP contribution in [0.2, 0.25) is 0 Å². The van der Waals surface area contributed by atoms with Crippen molar-refractivity contribution in [2.45, 2.75) is 157 Å². The van der Waals surface area contributed by atoms with Crippen LogP contribution in [0.5, 0.6) is 11.5 Å². The number of ketones is 2. The highest BCUT2D eigenvalue weighted by atomic mass is 35.5. The number of rotatable bonds is 14. The van der Waals surface area contributed by atoms with E-state index in [1.165, 1.54) is 26.4 Å². The highest BCUT2D eigenvalue weighted by Gasteiger charge is 2.34. The number of aliphatic carboxylic acids is 1. The molecule has 24 nitrogen and oxygen atoms in total. The van der Waals surface area contributed by atoms with Gasteiger partial charge in [-0.05, 0) is 107 Å². The minimum absolute atomic E-state index is 0. The molecule has 0 saturated heterocycles. The number of aliphatic hydroxyl groups excluding tert-OH is 2. The van der Waals surface area contributed by atoms with Gasteiger partial charge < -0.3 is 101 Å². The summed E-state index contributed by atoms with van der Waals surface area (Å²) in [7, 11) is 3.05. The number of phenolic OH excluding ortho intramolecular Hbond substituents is 2. The van der Waals surface area contributed by atoms with Crippen LogP contribution in [-0.4, -0.2) is 138 Å². The highest BCUT2D eigenvalue weighted by Crippen LogP contribution is 2.41. The number of methoxy groups -OCH3 is 2. The first-order valence-electron chi connectivity index (χ1n) is 31.2. The molecule has 4 rings (SSSR count). The number of hydrogen-bond acceptors (Lipinski definition) is 18. The van der Waals surface area contributed by atoms with Gasteiger partial charge in [0.05, 0.1) is 54.5 Å². The number of aliphatic hydroxyl groups is 2. The molecule has 2 aliphatic heterocycles. The maximum absolute atomic E-state index is 13.6. The van der Waals surface area contributed by atoms with E-state index in [0.717, 1.165) is 0 Å². The van der Waals surface area contributed by atoms with Crippen LogP contribution in [0, 0.1) is 35.5 Å². The number of anilines is 1. The zero-order valence-electron chi connectivity index (χ0n) is 57.3. The molecule has 1 aromatic rings. The first-order chi connectivity index (χ1) is 44.1. The summed E-state index contributed by atoms with van der Waals surface area (Å²) < 4.78 is 22.2. The summed E-state index contributed by atoms with van der Waals surface area (Å²) in [5.74, 6) is -4.54. The number of carboxylic acid groups (broad SMARTS) is 1. The average Bonchev–Trinajstić information content (AvgIpc) is 0.867. The monoisotopic (exact) mass is 1410 g/mol. The Balaban J connectivity index is 0. The van der Waals surface area contributed by atoms with Crippen molar-refractivity contribution in [1.29, 1.82) is 0 Å². The quantitative estimate of drug-likeness (QED) is 0.0318. The van der Waals surface area contributed by atoms with Gasteiger partial charge in [0.2, 0.25) is 11.0 Å². The lowest BCUT2D eigenvalue weighted by Crippen LogP contribution is -3.00. The van der Waals surface area contributed by atoms with Gasteiger partial charge in [-0.3, -0.25) is 24.0 Å². The Morgan fingerprint density at radius 2 is 1.23 bits per heavy atom. The number of phenols is 2. The first kappa shape index (κ1) is 90.8. The summed E-state index contributed by atoms with van der Waals surface area (Å²) in [4.78, 5) is 95.1. The van der Waals surface area contributed by atoms with E-state index in [1.807, 2.05) is 60.6 Å². The number of Topliss-reactive ketones (excluding diaryl/α,β-unsaturated/α-hetero) is 1. The minimum atomic E-state index is -1.02. The number of benzene rings is 1. The lowest BCUT2D eigenvalue weighted by Gasteiger charge is -2.29. The number of halogens is 3. The number of fused-ring (bicyclic) bond motifs is 4. The Morgan fingerprint density at radius 1 is 0.760 bits per heavy atom. The number of quaternary nitrogens is 2. The van der Waals surface area contributed by atoms with E-state index in [1.54, 1.807) is 74.7 Å². The van der Waals surface area contributed by atoms with Crippen LogP contribution in [0.1, 0.15) is 120 Å². The zero-order chi connectivity index (χ0) is 71.7. The number of primary amides is 2. The molecule has 3 aliphatic rings. The molecule has 0 fully saturated rings. The molecule has 0 saturated carbocycles. The molecule has 4 amide bonds. The number of nitrogens with two attached hydrogens (primary N) is 4. The maximum atomic E-state index is 13.6. The smallest absolute Gasteiger partial charge is 0.405 e. The SMILES string of the molecule is C=CCCC1=C2C[C@@H](C)C[C@H](OC)[C@H](O)[C@@H](C)/C=C(\C)[C@H](OC(N)=O)[C@@H](C)/C=C\C=C(/C)C(=O)NC(=CC1=O)C2=O.C=CC[NH2+]c1c(O)cc2c(O)c1C[C@@H](C)C[C@H](OC)[C@H](O)[C@@H](C)/C=C(\C)[C@H](OC(N)=O)[C@@H](C)/C=C\C=C(/C)C(=O)N2.Cl.NCCC(=O)Cl.[Cl-].[NH3+]CCC(=O)[O-]. The van der Waals surface area contributed by atoms with Crippen LogP contribution < -0.4 is 56.4 Å². The summed E-state index contributed by atoms with van der Waals surface area (Å²) in [5.41, 5.74) is 22.7. The van der Waals surface area contributed by atoms with Crippen molar-refractivity contribution in [1.82, 2.24) is 5.32 Å². The predicted molar refractivity (Wildman–Crippen MR) is 365 cm³/mol. The van der Waals surface area contributed by atoms with Gasteiger partial charge in [0.15, 0.2) is 17.2 Å². The van der Waals surface area contributed by atoms with E-state index in [0.29, 0.717) is 96.4 Å². The fourth-order valence-corrected chi connectivity index (χ4v) is 10.7. The highest BCUT2D eigenvalue weighted by molar-refractivity contribution is 6.63. The van der Waals surface area contributed by atoms with Crippen molar-refractivity contribution >= 4 is 82.2 Å². The molecular formula is C69H104Cl3N7O17. The number of hydrogen-bond donors (Lipinski definition) is 11. The second-order valence-electron chi connectivity index (χ2n) is 23.8. The Hall–Kier alpha value is -7.23. The fourth-order valence-electron chi connectivity index (χ4n) is 10.6. The molecule has 2 heterocycles. The second-order valence-corrected chi connectivity index (χ2v) is 24.2. The molecule has 1 aliphatic carbocycles. The first-order valence-corrected chi connectivity index (χ1v) is 31.6. The number of amides is 4. The number of carbonyl (C=O) groups excluding carboxylic acids is 8. The molecule has 27 heteroatoms. The van der Waals surface area contributed by atoms with Gasteiger partial charge in [-0.15, -0.1) is 19.0 Å². The van der Waals surface area contributed by atoms with Crippen LogP contribution in [0.15, 0.2) is 125 Å². The number of aromatic hydroxyl groups is 2. The van der Waals surface area contributed by atoms with Crippen LogP contribution in [0.4, 0.5) is 21.0 Å². The van der Waals surface area contributed by atoms with E-state index in [9.17, 15) is 63.9 Å². The normalized spacial score (nSPS) is 27.5. The van der Waals surface area contributed by atoms with Gasteiger partial charge in [0.1, 0.15) is 18.0 Å². The number of ether oxygens (including phenoxy) is 4. The predicted octanol–water partition coefficient (Wildman–Crippen LogP) is 2.85. The van der Waals surface area contributed by atoms with E-state index in [-0.39, 0.29) is 113 Å². The molecule has 0 radical (unpaired) electrons. The zero-order valence-corrected chi connectivity index (χ0v) is 59.7. The lowest BCUT2D eigenvalue weighted by atomic mass is 9.82. The summed E-state index contributed by atoms with van der Waals surface area (Å²) in [6.07, 6.45) is 14.8. The Bertz CT molecular complexity index is 3050. The molecule has 4 bridgehead atoms.